The minimum atomic E-state index is -3.54. The van der Waals surface area contributed by atoms with E-state index >= 15 is 0 Å². The molecule has 1 aromatic heterocycles. The fraction of sp³-hybridized carbons (Fsp3) is 0.333. The van der Waals surface area contributed by atoms with Crippen molar-refractivity contribution < 1.29 is 17.2 Å². The molecular formula is C21H22FN3O3S2. The molecule has 158 valence electrons. The molecule has 0 saturated carbocycles. The van der Waals surface area contributed by atoms with Gasteiger partial charge in [-0.3, -0.25) is 0 Å². The topological polar surface area (TPSA) is 76.3 Å². The molecule has 1 atom stereocenters. The van der Waals surface area contributed by atoms with E-state index in [1.807, 2.05) is 6.92 Å². The Labute approximate surface area is 179 Å². The Balaban J connectivity index is 1.52. The van der Waals surface area contributed by atoms with Crippen LogP contribution in [0.25, 0.3) is 11.5 Å². The fourth-order valence-corrected chi connectivity index (χ4v) is 5.75. The van der Waals surface area contributed by atoms with Crippen molar-refractivity contribution in [1.29, 1.82) is 0 Å². The highest BCUT2D eigenvalue weighted by Gasteiger charge is 2.26. The third-order valence-corrected chi connectivity index (χ3v) is 7.94. The first-order valence-corrected chi connectivity index (χ1v) is 12.1. The summed E-state index contributed by atoms with van der Waals surface area (Å²) >= 11 is 1.36. The van der Waals surface area contributed by atoms with Crippen LogP contribution in [0.4, 0.5) is 4.39 Å². The van der Waals surface area contributed by atoms with Crippen LogP contribution in [0.5, 0.6) is 0 Å². The van der Waals surface area contributed by atoms with Crippen LogP contribution < -0.4 is 0 Å². The number of nitrogens with zero attached hydrogens (tertiary/aromatic N) is 3. The van der Waals surface area contributed by atoms with Crippen molar-refractivity contribution in [1.82, 2.24) is 14.5 Å². The average Bonchev–Trinajstić information content (AvgIpc) is 3.23. The van der Waals surface area contributed by atoms with Gasteiger partial charge in [0.05, 0.1) is 4.90 Å². The molecule has 4 rings (SSSR count). The van der Waals surface area contributed by atoms with E-state index in [0.717, 1.165) is 24.8 Å². The van der Waals surface area contributed by atoms with Gasteiger partial charge in [0, 0.05) is 23.9 Å². The van der Waals surface area contributed by atoms with E-state index in [9.17, 15) is 12.8 Å². The third kappa shape index (κ3) is 4.58. The molecular weight excluding hydrogens is 425 g/mol. The summed E-state index contributed by atoms with van der Waals surface area (Å²) in [6.45, 7) is 3.07. The van der Waals surface area contributed by atoms with E-state index in [0.29, 0.717) is 23.9 Å². The molecule has 2 heterocycles. The number of halogens is 1. The summed E-state index contributed by atoms with van der Waals surface area (Å²) in [6, 6.07) is 12.9. The Morgan fingerprint density at radius 3 is 2.53 bits per heavy atom. The molecule has 1 aliphatic rings. The van der Waals surface area contributed by atoms with Crippen molar-refractivity contribution in [3.8, 4) is 11.5 Å². The summed E-state index contributed by atoms with van der Waals surface area (Å²) in [4.78, 5) is 0.231. The predicted molar refractivity (Wildman–Crippen MR) is 113 cm³/mol. The highest BCUT2D eigenvalue weighted by Crippen LogP contribution is 2.35. The molecule has 0 aliphatic carbocycles. The van der Waals surface area contributed by atoms with E-state index in [4.69, 9.17) is 4.42 Å². The number of piperidine rings is 1. The van der Waals surface area contributed by atoms with Gasteiger partial charge in [-0.15, -0.1) is 10.2 Å². The monoisotopic (exact) mass is 447 g/mol. The Bertz CT molecular complexity index is 1110. The second-order valence-electron chi connectivity index (χ2n) is 7.18. The number of thioether (sulfide) groups is 1. The van der Waals surface area contributed by atoms with E-state index in [1.165, 1.54) is 28.2 Å². The van der Waals surface area contributed by atoms with E-state index < -0.39 is 10.0 Å². The summed E-state index contributed by atoms with van der Waals surface area (Å²) in [5, 5.41) is 8.50. The first-order valence-electron chi connectivity index (χ1n) is 9.80. The molecule has 0 amide bonds. The molecule has 0 bridgehead atoms. The minimum absolute atomic E-state index is 0.00952. The SMILES string of the molecule is C[C@H](Sc1nnc(-c2cccc(S(=O)(=O)N3CCCCC3)c2)o1)c1ccc(F)cc1. The Kier molecular flexibility index (Phi) is 6.21. The normalized spacial score (nSPS) is 16.5. The quantitative estimate of drug-likeness (QED) is 0.500. The van der Waals surface area contributed by atoms with Gasteiger partial charge in [0.1, 0.15) is 5.82 Å². The molecule has 6 nitrogen and oxygen atoms in total. The van der Waals surface area contributed by atoms with E-state index in [2.05, 4.69) is 10.2 Å². The highest BCUT2D eigenvalue weighted by molar-refractivity contribution is 7.99. The zero-order valence-electron chi connectivity index (χ0n) is 16.5. The molecule has 0 unspecified atom stereocenters. The highest BCUT2D eigenvalue weighted by atomic mass is 32.2. The van der Waals surface area contributed by atoms with Gasteiger partial charge in [-0.2, -0.15) is 4.31 Å². The third-order valence-electron chi connectivity index (χ3n) is 5.06. The number of sulfonamides is 1. The van der Waals surface area contributed by atoms with E-state index in [1.54, 1.807) is 36.4 Å². The van der Waals surface area contributed by atoms with Gasteiger partial charge in [-0.25, -0.2) is 12.8 Å². The fourth-order valence-electron chi connectivity index (χ4n) is 3.37. The molecule has 1 aliphatic heterocycles. The second kappa shape index (κ2) is 8.87. The summed E-state index contributed by atoms with van der Waals surface area (Å²) in [5.74, 6) is -0.0186. The number of rotatable bonds is 6. The molecule has 0 spiro atoms. The van der Waals surface area contributed by atoms with Gasteiger partial charge in [0.25, 0.3) is 5.22 Å². The lowest BCUT2D eigenvalue weighted by Gasteiger charge is -2.25. The maximum absolute atomic E-state index is 13.1. The zero-order chi connectivity index (χ0) is 21.1. The second-order valence-corrected chi connectivity index (χ2v) is 10.4. The number of benzene rings is 2. The lowest BCUT2D eigenvalue weighted by Crippen LogP contribution is -2.35. The smallest absolute Gasteiger partial charge is 0.277 e. The largest absolute Gasteiger partial charge is 0.411 e. The Morgan fingerprint density at radius 1 is 1.07 bits per heavy atom. The van der Waals surface area contributed by atoms with Crippen molar-refractivity contribution in [3.63, 3.8) is 0 Å². The van der Waals surface area contributed by atoms with Gasteiger partial charge in [0.2, 0.25) is 15.9 Å². The molecule has 1 fully saturated rings. The number of aromatic nitrogens is 2. The molecule has 0 N–H and O–H groups in total. The molecule has 1 saturated heterocycles. The van der Waals surface area contributed by atoms with Crippen molar-refractivity contribution >= 4 is 21.8 Å². The van der Waals surface area contributed by atoms with Crippen LogP contribution in [-0.2, 0) is 10.0 Å². The number of hydrogen-bond acceptors (Lipinski definition) is 6. The van der Waals surface area contributed by atoms with Crippen LogP contribution in [-0.4, -0.2) is 36.0 Å². The first kappa shape index (κ1) is 21.0. The van der Waals surface area contributed by atoms with Crippen LogP contribution in [0.2, 0.25) is 0 Å². The molecule has 9 heteroatoms. The molecule has 30 heavy (non-hydrogen) atoms. The average molecular weight is 448 g/mol. The van der Waals surface area contributed by atoms with Crippen molar-refractivity contribution in [2.24, 2.45) is 0 Å². The van der Waals surface area contributed by atoms with Crippen LogP contribution in [0.3, 0.4) is 0 Å². The molecule has 0 radical (unpaired) electrons. The lowest BCUT2D eigenvalue weighted by molar-refractivity contribution is 0.346. The Hall–Kier alpha value is -2.23. The van der Waals surface area contributed by atoms with Crippen molar-refractivity contribution in [2.75, 3.05) is 13.1 Å². The lowest BCUT2D eigenvalue weighted by atomic mass is 10.2. The summed E-state index contributed by atoms with van der Waals surface area (Å²) in [5.41, 5.74) is 1.50. The van der Waals surface area contributed by atoms with E-state index in [-0.39, 0.29) is 21.9 Å². The van der Waals surface area contributed by atoms with Crippen LogP contribution in [0, 0.1) is 5.82 Å². The van der Waals surface area contributed by atoms with Gasteiger partial charge in [-0.05, 0) is 55.7 Å². The number of hydrogen-bond donors (Lipinski definition) is 0. The van der Waals surface area contributed by atoms with Gasteiger partial charge in [-0.1, -0.05) is 36.4 Å². The van der Waals surface area contributed by atoms with Gasteiger partial charge in [0.15, 0.2) is 0 Å². The zero-order valence-corrected chi connectivity index (χ0v) is 18.1. The summed E-state index contributed by atoms with van der Waals surface area (Å²) in [6.07, 6.45) is 2.83. The van der Waals surface area contributed by atoms with Gasteiger partial charge >= 0.3 is 0 Å². The maximum atomic E-state index is 13.1. The van der Waals surface area contributed by atoms with Crippen LogP contribution in [0.15, 0.2) is 63.1 Å². The summed E-state index contributed by atoms with van der Waals surface area (Å²) in [7, 11) is -3.54. The molecule has 2 aromatic carbocycles. The van der Waals surface area contributed by atoms with Gasteiger partial charge < -0.3 is 4.42 Å². The minimum Gasteiger partial charge on any atom is -0.411 e. The van der Waals surface area contributed by atoms with Crippen LogP contribution >= 0.6 is 11.8 Å². The van der Waals surface area contributed by atoms with Crippen molar-refractivity contribution in [3.05, 3.63) is 59.9 Å². The Morgan fingerprint density at radius 2 is 1.80 bits per heavy atom. The standard InChI is InChI=1S/C21H22FN3O3S2/c1-15(16-8-10-18(22)11-9-16)29-21-24-23-20(28-21)17-6-5-7-19(14-17)30(26,27)25-12-3-2-4-13-25/h5-11,14-15H,2-4,12-13H2,1H3/t15-/m0/s1. The predicted octanol–water partition coefficient (Wildman–Crippen LogP) is 4.90. The first-order chi connectivity index (χ1) is 14.4. The van der Waals surface area contributed by atoms with Crippen molar-refractivity contribution in [2.45, 2.75) is 41.6 Å². The molecule has 3 aromatic rings. The van der Waals surface area contributed by atoms with Crippen LogP contribution in [0.1, 0.15) is 37.0 Å². The maximum Gasteiger partial charge on any atom is 0.277 e. The summed E-state index contributed by atoms with van der Waals surface area (Å²) < 4.78 is 46.3.